The Hall–Kier alpha value is -1.98. The molecule has 0 radical (unpaired) electrons. The van der Waals surface area contributed by atoms with Gasteiger partial charge in [0.05, 0.1) is 0 Å². The molecule has 0 saturated heterocycles. The minimum absolute atomic E-state index is 0.0579. The molecule has 0 spiro atoms. The third kappa shape index (κ3) is 1.33. The summed E-state index contributed by atoms with van der Waals surface area (Å²) in [4.78, 5) is 20.4. The van der Waals surface area contributed by atoms with E-state index in [-0.39, 0.29) is 16.9 Å². The Bertz CT molecular complexity index is 343. The van der Waals surface area contributed by atoms with Gasteiger partial charge in [-0.3, -0.25) is 0 Å². The fourth-order valence-corrected chi connectivity index (χ4v) is 0.993. The molecule has 0 fully saturated rings. The molecule has 0 amide bonds. The van der Waals surface area contributed by atoms with E-state index >= 15 is 0 Å². The minimum Gasteiger partial charge on any atom is -0.505 e. The molecular weight excluding hydrogens is 176 g/mol. The van der Waals surface area contributed by atoms with E-state index in [1.165, 1.54) is 6.92 Å². The highest BCUT2D eigenvalue weighted by molar-refractivity contribution is 5.72. The average Bonchev–Trinajstić information content (AvgIpc) is 2.04. The van der Waals surface area contributed by atoms with Gasteiger partial charge in [0.2, 0.25) is 0 Å². The molecule has 0 atom stereocenters. The first-order valence-corrected chi connectivity index (χ1v) is 3.34. The van der Waals surface area contributed by atoms with Crippen molar-refractivity contribution in [3.05, 3.63) is 21.4 Å². The molecule has 1 aromatic rings. The molecule has 0 bridgehead atoms. The van der Waals surface area contributed by atoms with Gasteiger partial charge in [-0.2, -0.15) is 0 Å². The number of hydrogen-bond acceptors (Lipinski definition) is 6. The summed E-state index contributed by atoms with van der Waals surface area (Å²) in [5, 5.41) is 23.2. The summed E-state index contributed by atoms with van der Waals surface area (Å²) in [6.07, 6.45) is 0. The molecule has 1 rings (SSSR count). The third-order valence-electron chi connectivity index (χ3n) is 1.65. The van der Waals surface area contributed by atoms with Gasteiger partial charge in [0.1, 0.15) is 11.5 Å². The van der Waals surface area contributed by atoms with E-state index in [2.05, 4.69) is 10.4 Å². The zero-order chi connectivity index (χ0) is 10.0. The van der Waals surface area contributed by atoms with E-state index in [1.807, 2.05) is 0 Å². The van der Waals surface area contributed by atoms with Crippen LogP contribution in [-0.4, -0.2) is 10.2 Å². The molecule has 0 saturated carbocycles. The Balaban J connectivity index is 3.56. The van der Waals surface area contributed by atoms with Crippen molar-refractivity contribution >= 4 is 11.4 Å². The monoisotopic (exact) mass is 182 g/mol. The number of aromatic hydroxyl groups is 2. The summed E-state index contributed by atoms with van der Waals surface area (Å²) in [6, 6.07) is 0.848. The fourth-order valence-electron chi connectivity index (χ4n) is 0.993. The van der Waals surface area contributed by atoms with E-state index in [9.17, 15) is 9.81 Å². The van der Waals surface area contributed by atoms with Crippen molar-refractivity contribution < 1.29 is 10.2 Å². The van der Waals surface area contributed by atoms with E-state index in [0.29, 0.717) is 0 Å². The molecule has 0 unspecified atom stereocenters. The van der Waals surface area contributed by atoms with Gasteiger partial charge in [-0.05, 0) is 17.3 Å². The van der Waals surface area contributed by atoms with Crippen molar-refractivity contribution in [1.29, 1.82) is 0 Å². The Kier molecular flexibility index (Phi) is 2.23. The van der Waals surface area contributed by atoms with Crippen LogP contribution in [0.1, 0.15) is 5.56 Å². The Morgan fingerprint density at radius 2 is 1.46 bits per heavy atom. The van der Waals surface area contributed by atoms with Crippen molar-refractivity contribution in [3.63, 3.8) is 0 Å². The van der Waals surface area contributed by atoms with Gasteiger partial charge in [0, 0.05) is 11.6 Å². The summed E-state index contributed by atoms with van der Waals surface area (Å²) in [7, 11) is 0. The van der Waals surface area contributed by atoms with E-state index in [1.54, 1.807) is 0 Å². The second-order valence-corrected chi connectivity index (χ2v) is 2.42. The number of rotatable bonds is 2. The highest BCUT2D eigenvalue weighted by Crippen LogP contribution is 2.42. The number of hydrogen-bond donors (Lipinski definition) is 2. The molecule has 0 aromatic heterocycles. The Labute approximate surface area is 72.8 Å². The number of phenolic OH excluding ortho intramolecular Hbond substituents is 2. The quantitative estimate of drug-likeness (QED) is 0.684. The van der Waals surface area contributed by atoms with Crippen LogP contribution in [-0.2, 0) is 0 Å². The number of benzene rings is 1. The lowest BCUT2D eigenvalue weighted by atomic mass is 10.1. The van der Waals surface area contributed by atoms with Gasteiger partial charge in [-0.15, -0.1) is 9.81 Å². The van der Waals surface area contributed by atoms with Crippen LogP contribution < -0.4 is 0 Å². The van der Waals surface area contributed by atoms with Crippen molar-refractivity contribution in [2.75, 3.05) is 0 Å². The Morgan fingerprint density at radius 3 is 1.77 bits per heavy atom. The predicted molar refractivity (Wildman–Crippen MR) is 45.4 cm³/mol. The van der Waals surface area contributed by atoms with Crippen molar-refractivity contribution in [3.8, 4) is 11.5 Å². The molecule has 68 valence electrons. The summed E-state index contributed by atoms with van der Waals surface area (Å²) in [5.41, 5.74) is -0.512. The van der Waals surface area contributed by atoms with Gasteiger partial charge in [-0.1, -0.05) is 0 Å². The van der Waals surface area contributed by atoms with Crippen LogP contribution in [0.25, 0.3) is 0 Å². The van der Waals surface area contributed by atoms with Crippen molar-refractivity contribution in [1.82, 2.24) is 0 Å². The van der Waals surface area contributed by atoms with Gasteiger partial charge in [0.25, 0.3) is 0 Å². The fraction of sp³-hybridized carbons (Fsp3) is 0.143. The molecule has 1 aromatic carbocycles. The topological polar surface area (TPSA) is 99.3 Å². The van der Waals surface area contributed by atoms with Crippen LogP contribution in [0.15, 0.2) is 16.4 Å². The maximum atomic E-state index is 10.2. The molecular formula is C7H6N2O4. The molecule has 6 heteroatoms. The average molecular weight is 182 g/mol. The minimum atomic E-state index is -0.475. The lowest BCUT2D eigenvalue weighted by Gasteiger charge is -2.03. The van der Waals surface area contributed by atoms with Gasteiger partial charge < -0.3 is 10.2 Å². The number of phenols is 2. The lowest BCUT2D eigenvalue weighted by Crippen LogP contribution is -1.78. The first kappa shape index (κ1) is 9.11. The summed E-state index contributed by atoms with van der Waals surface area (Å²) >= 11 is 0. The molecule has 0 aliphatic heterocycles. The van der Waals surface area contributed by atoms with Crippen molar-refractivity contribution in [2.45, 2.75) is 6.92 Å². The van der Waals surface area contributed by atoms with Gasteiger partial charge in [0.15, 0.2) is 11.4 Å². The number of nitroso groups, excluding NO2 is 2. The molecule has 0 heterocycles. The SMILES string of the molecule is Cc1c(N=O)c(O)cc(O)c1N=O. The van der Waals surface area contributed by atoms with Crippen LogP contribution >= 0.6 is 0 Å². The summed E-state index contributed by atoms with van der Waals surface area (Å²) < 4.78 is 0. The largest absolute Gasteiger partial charge is 0.505 e. The maximum absolute atomic E-state index is 10.2. The molecule has 6 nitrogen and oxygen atoms in total. The molecule has 0 aliphatic rings. The predicted octanol–water partition coefficient (Wildman–Crippen LogP) is 2.20. The van der Waals surface area contributed by atoms with Gasteiger partial charge in [-0.25, -0.2) is 0 Å². The summed E-state index contributed by atoms with van der Waals surface area (Å²) in [5.74, 6) is -0.949. The van der Waals surface area contributed by atoms with E-state index in [4.69, 9.17) is 10.2 Å². The standard InChI is InChI=1S/C7H6N2O4/c1-3-6(8-12)4(10)2-5(11)7(3)9-13/h2,10-11H,1H3. The Morgan fingerprint density at radius 1 is 1.08 bits per heavy atom. The van der Waals surface area contributed by atoms with Crippen LogP contribution in [0.5, 0.6) is 11.5 Å². The first-order valence-electron chi connectivity index (χ1n) is 3.34. The second kappa shape index (κ2) is 3.18. The smallest absolute Gasteiger partial charge is 0.155 e. The van der Waals surface area contributed by atoms with E-state index < -0.39 is 11.5 Å². The van der Waals surface area contributed by atoms with Gasteiger partial charge >= 0.3 is 0 Å². The van der Waals surface area contributed by atoms with E-state index in [0.717, 1.165) is 6.07 Å². The third-order valence-corrected chi connectivity index (χ3v) is 1.65. The maximum Gasteiger partial charge on any atom is 0.155 e. The van der Waals surface area contributed by atoms with Crippen LogP contribution in [0.3, 0.4) is 0 Å². The lowest BCUT2D eigenvalue weighted by molar-refractivity contribution is 0.452. The molecule has 0 aliphatic carbocycles. The van der Waals surface area contributed by atoms with Crippen LogP contribution in [0.4, 0.5) is 11.4 Å². The normalized spacial score (nSPS) is 9.62. The van der Waals surface area contributed by atoms with Crippen LogP contribution in [0, 0.1) is 16.7 Å². The zero-order valence-electron chi connectivity index (χ0n) is 6.68. The highest BCUT2D eigenvalue weighted by atomic mass is 16.3. The first-order chi connectivity index (χ1) is 6.11. The highest BCUT2D eigenvalue weighted by Gasteiger charge is 2.15. The van der Waals surface area contributed by atoms with Crippen molar-refractivity contribution in [2.24, 2.45) is 10.4 Å². The number of nitrogens with zero attached hydrogens (tertiary/aromatic N) is 2. The second-order valence-electron chi connectivity index (χ2n) is 2.42. The molecule has 2 N–H and O–H groups in total. The summed E-state index contributed by atoms with van der Waals surface area (Å²) in [6.45, 7) is 1.35. The zero-order valence-corrected chi connectivity index (χ0v) is 6.68. The molecule has 13 heavy (non-hydrogen) atoms. The van der Waals surface area contributed by atoms with Crippen LogP contribution in [0.2, 0.25) is 0 Å².